The molecule has 6 heteroatoms. The number of anilines is 1. The Balaban J connectivity index is 2.36. The predicted molar refractivity (Wildman–Crippen MR) is 84.9 cm³/mol. The van der Waals surface area contributed by atoms with E-state index in [1.54, 1.807) is 42.5 Å². The summed E-state index contributed by atoms with van der Waals surface area (Å²) in [6, 6.07) is 11.8. The van der Waals surface area contributed by atoms with Gasteiger partial charge in [-0.2, -0.15) is 0 Å². The quantitative estimate of drug-likeness (QED) is 0.828. The van der Waals surface area contributed by atoms with E-state index in [9.17, 15) is 9.59 Å². The molecule has 0 fully saturated rings. The third kappa shape index (κ3) is 3.43. The molecule has 1 amide bonds. The highest BCUT2D eigenvalue weighted by molar-refractivity contribution is 9.10. The van der Waals surface area contributed by atoms with Crippen LogP contribution in [0, 0.1) is 0 Å². The molecule has 4 nitrogen and oxygen atoms in total. The summed E-state index contributed by atoms with van der Waals surface area (Å²) in [5.41, 5.74) is 0.880. The lowest BCUT2D eigenvalue weighted by Crippen LogP contribution is -2.16. The molecule has 0 aromatic heterocycles. The van der Waals surface area contributed by atoms with Gasteiger partial charge in [-0.1, -0.05) is 29.8 Å². The van der Waals surface area contributed by atoms with Crippen molar-refractivity contribution >= 4 is 45.1 Å². The Bertz CT molecular complexity index is 703. The van der Waals surface area contributed by atoms with Gasteiger partial charge >= 0.3 is 5.97 Å². The van der Waals surface area contributed by atoms with Crippen molar-refractivity contribution in [1.29, 1.82) is 0 Å². The number of benzene rings is 2. The number of esters is 1. The summed E-state index contributed by atoms with van der Waals surface area (Å²) in [5, 5.41) is 2.88. The Labute approximate surface area is 135 Å². The molecule has 0 radical (unpaired) electrons. The van der Waals surface area contributed by atoms with E-state index in [0.717, 1.165) is 0 Å². The highest BCUT2D eigenvalue weighted by Gasteiger charge is 2.18. The molecule has 108 valence electrons. The molecular weight excluding hydrogens is 358 g/mol. The molecule has 0 saturated carbocycles. The summed E-state index contributed by atoms with van der Waals surface area (Å²) in [6.07, 6.45) is 0. The fourth-order valence-electron chi connectivity index (χ4n) is 1.77. The van der Waals surface area contributed by atoms with Crippen LogP contribution in [-0.4, -0.2) is 19.0 Å². The normalized spacial score (nSPS) is 10.0. The van der Waals surface area contributed by atoms with Crippen LogP contribution in [0.5, 0.6) is 0 Å². The molecule has 21 heavy (non-hydrogen) atoms. The van der Waals surface area contributed by atoms with Gasteiger partial charge in [0, 0.05) is 4.47 Å². The Morgan fingerprint density at radius 2 is 1.86 bits per heavy atom. The third-order valence-electron chi connectivity index (χ3n) is 2.77. The van der Waals surface area contributed by atoms with Crippen LogP contribution in [0.15, 0.2) is 46.9 Å². The van der Waals surface area contributed by atoms with E-state index in [1.165, 1.54) is 7.11 Å². The minimum atomic E-state index is -0.608. The lowest BCUT2D eigenvalue weighted by atomic mass is 10.1. The number of hydrogen-bond acceptors (Lipinski definition) is 3. The SMILES string of the molecule is COC(=O)c1c(Cl)cccc1NC(=O)c1ccccc1Br. The Morgan fingerprint density at radius 1 is 1.14 bits per heavy atom. The van der Waals surface area contributed by atoms with E-state index in [2.05, 4.69) is 26.0 Å². The van der Waals surface area contributed by atoms with Crippen molar-refractivity contribution in [2.45, 2.75) is 0 Å². The number of hydrogen-bond donors (Lipinski definition) is 1. The molecule has 0 saturated heterocycles. The number of amides is 1. The average Bonchev–Trinajstić information content (AvgIpc) is 2.47. The first-order valence-electron chi connectivity index (χ1n) is 5.97. The van der Waals surface area contributed by atoms with E-state index < -0.39 is 5.97 Å². The molecule has 2 aromatic rings. The van der Waals surface area contributed by atoms with Gasteiger partial charge in [0.1, 0.15) is 5.56 Å². The summed E-state index contributed by atoms with van der Waals surface area (Å²) >= 11 is 9.31. The Kier molecular flexibility index (Phi) is 4.98. The van der Waals surface area contributed by atoms with Gasteiger partial charge in [0.2, 0.25) is 0 Å². The molecule has 0 atom stereocenters. The summed E-state index contributed by atoms with van der Waals surface area (Å²) in [7, 11) is 1.26. The summed E-state index contributed by atoms with van der Waals surface area (Å²) < 4.78 is 5.34. The van der Waals surface area contributed by atoms with Crippen LogP contribution >= 0.6 is 27.5 Å². The maximum absolute atomic E-state index is 12.3. The van der Waals surface area contributed by atoms with Gasteiger partial charge in [0.25, 0.3) is 5.91 Å². The van der Waals surface area contributed by atoms with Gasteiger partial charge in [-0.3, -0.25) is 4.79 Å². The van der Waals surface area contributed by atoms with Gasteiger partial charge in [-0.25, -0.2) is 4.79 Å². The van der Waals surface area contributed by atoms with Crippen molar-refractivity contribution in [2.24, 2.45) is 0 Å². The van der Waals surface area contributed by atoms with E-state index in [4.69, 9.17) is 11.6 Å². The monoisotopic (exact) mass is 367 g/mol. The van der Waals surface area contributed by atoms with Crippen molar-refractivity contribution in [3.05, 3.63) is 63.1 Å². The fourth-order valence-corrected chi connectivity index (χ4v) is 2.49. The zero-order valence-corrected chi connectivity index (χ0v) is 13.4. The number of halogens is 2. The van der Waals surface area contributed by atoms with Crippen molar-refractivity contribution in [3.63, 3.8) is 0 Å². The molecule has 0 aliphatic rings. The molecule has 1 N–H and O–H groups in total. The minimum absolute atomic E-state index is 0.127. The summed E-state index contributed by atoms with van der Waals surface area (Å²) in [4.78, 5) is 24.0. The molecule has 0 aliphatic heterocycles. The molecule has 2 aromatic carbocycles. The number of nitrogens with one attached hydrogen (secondary N) is 1. The zero-order valence-electron chi connectivity index (χ0n) is 11.0. The van der Waals surface area contributed by atoms with Crippen LogP contribution in [0.2, 0.25) is 5.02 Å². The highest BCUT2D eigenvalue weighted by atomic mass is 79.9. The molecule has 0 spiro atoms. The molecule has 0 unspecified atom stereocenters. The van der Waals surface area contributed by atoms with E-state index in [-0.39, 0.29) is 16.5 Å². The zero-order chi connectivity index (χ0) is 15.4. The number of rotatable bonds is 3. The molecular formula is C15H11BrClNO3. The smallest absolute Gasteiger partial charge is 0.341 e. The second-order valence-electron chi connectivity index (χ2n) is 4.09. The molecule has 2 rings (SSSR count). The molecule has 0 bridgehead atoms. The maximum atomic E-state index is 12.3. The minimum Gasteiger partial charge on any atom is -0.465 e. The first-order chi connectivity index (χ1) is 10.0. The largest absolute Gasteiger partial charge is 0.465 e. The van der Waals surface area contributed by atoms with Crippen LogP contribution in [0.25, 0.3) is 0 Å². The molecule has 0 heterocycles. The Morgan fingerprint density at radius 3 is 2.52 bits per heavy atom. The second-order valence-corrected chi connectivity index (χ2v) is 5.35. The third-order valence-corrected chi connectivity index (χ3v) is 3.78. The van der Waals surface area contributed by atoms with Crippen molar-refractivity contribution in [1.82, 2.24) is 0 Å². The van der Waals surface area contributed by atoms with Crippen LogP contribution in [-0.2, 0) is 4.74 Å². The number of methoxy groups -OCH3 is 1. The highest BCUT2D eigenvalue weighted by Crippen LogP contribution is 2.26. The van der Waals surface area contributed by atoms with Crippen molar-refractivity contribution in [2.75, 3.05) is 12.4 Å². The first kappa shape index (κ1) is 15.5. The Hall–Kier alpha value is -1.85. The van der Waals surface area contributed by atoms with Gasteiger partial charge < -0.3 is 10.1 Å². The average molecular weight is 369 g/mol. The van der Waals surface area contributed by atoms with Crippen LogP contribution < -0.4 is 5.32 Å². The number of carbonyl (C=O) groups is 2. The van der Waals surface area contributed by atoms with Gasteiger partial charge in [-0.05, 0) is 40.2 Å². The van der Waals surface area contributed by atoms with E-state index in [1.807, 2.05) is 0 Å². The van der Waals surface area contributed by atoms with Gasteiger partial charge in [-0.15, -0.1) is 0 Å². The fraction of sp³-hybridized carbons (Fsp3) is 0.0667. The maximum Gasteiger partial charge on any atom is 0.341 e. The summed E-state index contributed by atoms with van der Waals surface area (Å²) in [6.45, 7) is 0. The van der Waals surface area contributed by atoms with Crippen molar-refractivity contribution < 1.29 is 14.3 Å². The lowest BCUT2D eigenvalue weighted by molar-refractivity contribution is 0.0602. The van der Waals surface area contributed by atoms with Gasteiger partial charge in [0.15, 0.2) is 0 Å². The second kappa shape index (κ2) is 6.74. The van der Waals surface area contributed by atoms with Gasteiger partial charge in [0.05, 0.1) is 23.4 Å². The van der Waals surface area contributed by atoms with Crippen LogP contribution in [0.1, 0.15) is 20.7 Å². The van der Waals surface area contributed by atoms with Crippen molar-refractivity contribution in [3.8, 4) is 0 Å². The van der Waals surface area contributed by atoms with Crippen LogP contribution in [0.4, 0.5) is 5.69 Å². The number of carbonyl (C=O) groups excluding carboxylic acids is 2. The lowest BCUT2D eigenvalue weighted by Gasteiger charge is -2.11. The van der Waals surface area contributed by atoms with Crippen LogP contribution in [0.3, 0.4) is 0 Å². The van der Waals surface area contributed by atoms with E-state index in [0.29, 0.717) is 15.7 Å². The topological polar surface area (TPSA) is 55.4 Å². The molecule has 0 aliphatic carbocycles. The van der Waals surface area contributed by atoms with E-state index >= 15 is 0 Å². The predicted octanol–water partition coefficient (Wildman–Crippen LogP) is 4.14. The first-order valence-corrected chi connectivity index (χ1v) is 7.14. The summed E-state index contributed by atoms with van der Waals surface area (Å²) in [5.74, 6) is -0.960. The standard InChI is InChI=1S/C15H11BrClNO3/c1-21-15(20)13-11(17)7-4-8-12(13)18-14(19)9-5-2-3-6-10(9)16/h2-8H,1H3,(H,18,19). The number of ether oxygens (including phenoxy) is 1.